The number of aromatic nitrogens is 1. The summed E-state index contributed by atoms with van der Waals surface area (Å²) in [7, 11) is 6.57. The second-order valence-corrected chi connectivity index (χ2v) is 5.56. The number of ether oxygens (including phenoxy) is 3. The van der Waals surface area contributed by atoms with Gasteiger partial charge in [0.05, 0.1) is 27.0 Å². The first-order chi connectivity index (χ1) is 12.1. The Morgan fingerprint density at radius 1 is 0.920 bits per heavy atom. The van der Waals surface area contributed by atoms with Crippen LogP contribution in [-0.2, 0) is 7.05 Å². The zero-order valence-corrected chi connectivity index (χ0v) is 14.6. The fraction of sp³-hybridized carbons (Fsp3) is 0.211. The minimum atomic E-state index is -0.228. The molecular weight excluding hydrogens is 320 g/mol. The molecule has 0 saturated heterocycles. The topological polar surface area (TPSA) is 61.7 Å². The number of fused-ring (bicyclic) bond motifs is 1. The van der Waals surface area contributed by atoms with Crippen LogP contribution in [0.5, 0.6) is 17.2 Å². The Labute approximate surface area is 145 Å². The summed E-state index contributed by atoms with van der Waals surface area (Å²) in [5.41, 5.74) is 2.06. The highest BCUT2D eigenvalue weighted by Crippen LogP contribution is 2.38. The first-order valence-corrected chi connectivity index (χ1v) is 7.74. The van der Waals surface area contributed by atoms with Gasteiger partial charge in [0.15, 0.2) is 11.5 Å². The maximum atomic E-state index is 12.7. The summed E-state index contributed by atoms with van der Waals surface area (Å²) in [6, 6.07) is 10.9. The van der Waals surface area contributed by atoms with Gasteiger partial charge < -0.3 is 24.1 Å². The van der Waals surface area contributed by atoms with E-state index in [0.717, 1.165) is 10.9 Å². The predicted octanol–water partition coefficient (Wildman–Crippen LogP) is 3.46. The van der Waals surface area contributed by atoms with E-state index in [-0.39, 0.29) is 5.91 Å². The average molecular weight is 340 g/mol. The van der Waals surface area contributed by atoms with E-state index in [9.17, 15) is 4.79 Å². The lowest BCUT2D eigenvalue weighted by atomic mass is 10.1. The van der Waals surface area contributed by atoms with Crippen LogP contribution in [0.2, 0.25) is 0 Å². The SMILES string of the molecule is COc1cc(OC)c(OC)cc1NC(=O)c1ccc2ccn(C)c2c1. The van der Waals surface area contributed by atoms with Gasteiger partial charge in [0.1, 0.15) is 5.75 Å². The van der Waals surface area contributed by atoms with Crippen LogP contribution in [-0.4, -0.2) is 31.8 Å². The summed E-state index contributed by atoms with van der Waals surface area (Å²) >= 11 is 0. The third-order valence-electron chi connectivity index (χ3n) is 4.10. The van der Waals surface area contributed by atoms with Crippen LogP contribution in [0.4, 0.5) is 5.69 Å². The van der Waals surface area contributed by atoms with Crippen molar-refractivity contribution in [3.8, 4) is 17.2 Å². The van der Waals surface area contributed by atoms with E-state index < -0.39 is 0 Å². The molecule has 25 heavy (non-hydrogen) atoms. The van der Waals surface area contributed by atoms with E-state index in [2.05, 4.69) is 5.32 Å². The van der Waals surface area contributed by atoms with Gasteiger partial charge in [-0.15, -0.1) is 0 Å². The predicted molar refractivity (Wildman–Crippen MR) is 97.0 cm³/mol. The number of methoxy groups -OCH3 is 3. The number of hydrogen-bond donors (Lipinski definition) is 1. The molecule has 1 N–H and O–H groups in total. The van der Waals surface area contributed by atoms with Gasteiger partial charge >= 0.3 is 0 Å². The first kappa shape index (κ1) is 16.7. The minimum absolute atomic E-state index is 0.228. The molecule has 0 fully saturated rings. The Hall–Kier alpha value is -3.15. The van der Waals surface area contributed by atoms with Gasteiger partial charge in [-0.1, -0.05) is 6.07 Å². The Morgan fingerprint density at radius 2 is 1.60 bits per heavy atom. The molecule has 0 spiro atoms. The monoisotopic (exact) mass is 340 g/mol. The standard InChI is InChI=1S/C19H20N2O4/c1-21-8-7-12-5-6-13(9-15(12)21)19(22)20-14-10-17(24-3)18(25-4)11-16(14)23-2/h5-11H,1-4H3,(H,20,22). The van der Waals surface area contributed by atoms with Crippen LogP contribution >= 0.6 is 0 Å². The van der Waals surface area contributed by atoms with Crippen LogP contribution in [0.15, 0.2) is 42.6 Å². The highest BCUT2D eigenvalue weighted by atomic mass is 16.5. The summed E-state index contributed by atoms with van der Waals surface area (Å²) in [5.74, 6) is 1.30. The van der Waals surface area contributed by atoms with Gasteiger partial charge in [0, 0.05) is 36.5 Å². The molecule has 3 rings (SSSR count). The molecule has 1 amide bonds. The van der Waals surface area contributed by atoms with E-state index in [4.69, 9.17) is 14.2 Å². The Bertz CT molecular complexity index is 931. The van der Waals surface area contributed by atoms with Crippen molar-refractivity contribution in [3.05, 3.63) is 48.2 Å². The van der Waals surface area contributed by atoms with E-state index >= 15 is 0 Å². The zero-order chi connectivity index (χ0) is 18.0. The highest BCUT2D eigenvalue weighted by Gasteiger charge is 2.15. The average Bonchev–Trinajstić information content (AvgIpc) is 3.01. The number of anilines is 1. The van der Waals surface area contributed by atoms with Crippen molar-refractivity contribution in [2.24, 2.45) is 7.05 Å². The molecule has 3 aromatic rings. The fourth-order valence-corrected chi connectivity index (χ4v) is 2.73. The highest BCUT2D eigenvalue weighted by molar-refractivity contribution is 6.07. The number of nitrogens with one attached hydrogen (secondary N) is 1. The van der Waals surface area contributed by atoms with Crippen LogP contribution in [0, 0.1) is 0 Å². The lowest BCUT2D eigenvalue weighted by Crippen LogP contribution is -2.13. The molecular formula is C19H20N2O4. The van der Waals surface area contributed by atoms with Crippen molar-refractivity contribution in [2.45, 2.75) is 0 Å². The van der Waals surface area contributed by atoms with Crippen molar-refractivity contribution in [1.29, 1.82) is 0 Å². The molecule has 0 unspecified atom stereocenters. The van der Waals surface area contributed by atoms with Gasteiger partial charge in [-0.05, 0) is 23.6 Å². The quantitative estimate of drug-likeness (QED) is 0.773. The van der Waals surface area contributed by atoms with Crippen LogP contribution in [0.3, 0.4) is 0 Å². The number of benzene rings is 2. The molecule has 0 saturated carbocycles. The van der Waals surface area contributed by atoms with Crippen LogP contribution < -0.4 is 19.5 Å². The lowest BCUT2D eigenvalue weighted by molar-refractivity contribution is 0.102. The molecule has 0 bridgehead atoms. The molecule has 1 aromatic heterocycles. The van der Waals surface area contributed by atoms with Crippen LogP contribution in [0.25, 0.3) is 10.9 Å². The second kappa shape index (κ2) is 6.76. The van der Waals surface area contributed by atoms with Crippen molar-refractivity contribution in [2.75, 3.05) is 26.6 Å². The lowest BCUT2D eigenvalue weighted by Gasteiger charge is -2.15. The van der Waals surface area contributed by atoms with Gasteiger partial charge in [0.2, 0.25) is 0 Å². The molecule has 130 valence electrons. The molecule has 0 radical (unpaired) electrons. The maximum Gasteiger partial charge on any atom is 0.255 e. The number of nitrogens with zero attached hydrogens (tertiary/aromatic N) is 1. The number of aryl methyl sites for hydroxylation is 1. The largest absolute Gasteiger partial charge is 0.494 e. The summed E-state index contributed by atoms with van der Waals surface area (Å²) in [6.45, 7) is 0. The molecule has 1 heterocycles. The summed E-state index contributed by atoms with van der Waals surface area (Å²) < 4.78 is 17.9. The van der Waals surface area contributed by atoms with E-state index in [1.807, 2.05) is 36.0 Å². The molecule has 0 aliphatic rings. The van der Waals surface area contributed by atoms with Gasteiger partial charge in [-0.2, -0.15) is 0 Å². The van der Waals surface area contributed by atoms with Crippen molar-refractivity contribution < 1.29 is 19.0 Å². The Balaban J connectivity index is 1.94. The second-order valence-electron chi connectivity index (χ2n) is 5.56. The third-order valence-corrected chi connectivity index (χ3v) is 4.10. The summed E-state index contributed by atoms with van der Waals surface area (Å²) in [4.78, 5) is 12.7. The van der Waals surface area contributed by atoms with Crippen molar-refractivity contribution in [3.63, 3.8) is 0 Å². The number of hydrogen-bond acceptors (Lipinski definition) is 4. The van der Waals surface area contributed by atoms with E-state index in [1.54, 1.807) is 32.4 Å². The normalized spacial score (nSPS) is 10.6. The molecule has 0 atom stereocenters. The van der Waals surface area contributed by atoms with Crippen molar-refractivity contribution >= 4 is 22.5 Å². The van der Waals surface area contributed by atoms with E-state index in [0.29, 0.717) is 28.5 Å². The molecule has 0 aliphatic heterocycles. The zero-order valence-electron chi connectivity index (χ0n) is 14.6. The Kier molecular flexibility index (Phi) is 4.52. The van der Waals surface area contributed by atoms with Crippen LogP contribution in [0.1, 0.15) is 10.4 Å². The Morgan fingerprint density at radius 3 is 2.28 bits per heavy atom. The van der Waals surface area contributed by atoms with Gasteiger partial charge in [0.25, 0.3) is 5.91 Å². The molecule has 2 aromatic carbocycles. The molecule has 0 aliphatic carbocycles. The van der Waals surface area contributed by atoms with Gasteiger partial charge in [-0.25, -0.2) is 0 Å². The van der Waals surface area contributed by atoms with Gasteiger partial charge in [-0.3, -0.25) is 4.79 Å². The number of carbonyl (C=O) groups is 1. The number of carbonyl (C=O) groups excluding carboxylic acids is 1. The fourth-order valence-electron chi connectivity index (χ4n) is 2.73. The number of amides is 1. The molecule has 6 heteroatoms. The first-order valence-electron chi connectivity index (χ1n) is 7.74. The maximum absolute atomic E-state index is 12.7. The minimum Gasteiger partial charge on any atom is -0.494 e. The summed E-state index contributed by atoms with van der Waals surface area (Å²) in [6.07, 6.45) is 1.96. The third kappa shape index (κ3) is 3.10. The number of rotatable bonds is 5. The smallest absolute Gasteiger partial charge is 0.255 e. The van der Waals surface area contributed by atoms with Crippen molar-refractivity contribution in [1.82, 2.24) is 4.57 Å². The van der Waals surface area contributed by atoms with E-state index in [1.165, 1.54) is 7.11 Å². The molecule has 6 nitrogen and oxygen atoms in total. The summed E-state index contributed by atoms with van der Waals surface area (Å²) in [5, 5.41) is 3.96.